The molecule has 0 aromatic heterocycles. The normalized spacial score (nSPS) is 21.2. The summed E-state index contributed by atoms with van der Waals surface area (Å²) >= 11 is 6.42. The Morgan fingerprint density at radius 2 is 1.59 bits per heavy atom. The fourth-order valence-electron chi connectivity index (χ4n) is 4.65. The van der Waals surface area contributed by atoms with Crippen molar-refractivity contribution in [2.24, 2.45) is 0 Å². The van der Waals surface area contributed by atoms with Crippen LogP contribution in [0.3, 0.4) is 0 Å². The number of hydrogen-bond donors (Lipinski definition) is 1. The summed E-state index contributed by atoms with van der Waals surface area (Å²) in [5.41, 5.74) is 7.05. The van der Waals surface area contributed by atoms with Gasteiger partial charge in [0.05, 0.1) is 7.05 Å². The van der Waals surface area contributed by atoms with Crippen molar-refractivity contribution >= 4 is 11.6 Å². The van der Waals surface area contributed by atoms with Crippen molar-refractivity contribution in [1.29, 1.82) is 0 Å². The van der Waals surface area contributed by atoms with Crippen molar-refractivity contribution < 1.29 is 5.32 Å². The fraction of sp³-hybridized carbons (Fsp3) is 0.280. The fourth-order valence-corrected chi connectivity index (χ4v) is 4.88. The molecule has 3 aromatic rings. The lowest BCUT2D eigenvalue weighted by Crippen LogP contribution is -2.91. The zero-order valence-electron chi connectivity index (χ0n) is 16.1. The smallest absolute Gasteiger partial charge is 0.145 e. The summed E-state index contributed by atoms with van der Waals surface area (Å²) in [6.45, 7) is 2.36. The topological polar surface area (TPSA) is 16.6 Å². The summed E-state index contributed by atoms with van der Waals surface area (Å²) in [6, 6.07) is 26.2. The van der Waals surface area contributed by atoms with Crippen LogP contribution in [0.15, 0.2) is 72.8 Å². The molecular formula is C25H27ClN+. The molecule has 0 radical (unpaired) electrons. The predicted molar refractivity (Wildman–Crippen MR) is 113 cm³/mol. The van der Waals surface area contributed by atoms with Gasteiger partial charge in [-0.1, -0.05) is 78.3 Å². The van der Waals surface area contributed by atoms with E-state index in [1.165, 1.54) is 27.8 Å². The lowest BCUT2D eigenvalue weighted by atomic mass is 9.81. The van der Waals surface area contributed by atoms with E-state index in [4.69, 9.17) is 11.6 Å². The molecule has 0 heterocycles. The molecule has 2 heteroatoms. The predicted octanol–water partition coefficient (Wildman–Crippen LogP) is 5.07. The van der Waals surface area contributed by atoms with Crippen molar-refractivity contribution in [2.45, 2.75) is 37.6 Å². The van der Waals surface area contributed by atoms with Gasteiger partial charge in [0.1, 0.15) is 5.54 Å². The number of halogens is 1. The monoisotopic (exact) mass is 376 g/mol. The Morgan fingerprint density at radius 1 is 0.926 bits per heavy atom. The molecular weight excluding hydrogens is 350 g/mol. The van der Waals surface area contributed by atoms with Gasteiger partial charge in [-0.25, -0.2) is 0 Å². The second-order valence-electron chi connectivity index (χ2n) is 7.77. The maximum Gasteiger partial charge on any atom is 0.145 e. The minimum absolute atomic E-state index is 0.0493. The van der Waals surface area contributed by atoms with E-state index in [-0.39, 0.29) is 5.54 Å². The molecule has 0 saturated heterocycles. The standard InChI is InChI=1S/C25H26ClN/c1-25(27-2)22-12-6-3-10-20(22)17-19(21-11-5-7-13-23(21)25)16-15-18-9-4-8-14-24(18)26/h3-14,19,27H,15-17H2,1-2H3/p+1. The quantitative estimate of drug-likeness (QED) is 0.654. The number of quaternary nitrogens is 1. The molecule has 0 spiro atoms. The molecule has 3 aromatic carbocycles. The van der Waals surface area contributed by atoms with Gasteiger partial charge in [-0.15, -0.1) is 0 Å². The van der Waals surface area contributed by atoms with Crippen molar-refractivity contribution in [3.05, 3.63) is 106 Å². The van der Waals surface area contributed by atoms with Gasteiger partial charge in [0.25, 0.3) is 0 Å². The third-order valence-corrected chi connectivity index (χ3v) is 6.67. The van der Waals surface area contributed by atoms with Crippen LogP contribution >= 0.6 is 11.6 Å². The van der Waals surface area contributed by atoms with Crippen LogP contribution in [0.4, 0.5) is 0 Å². The van der Waals surface area contributed by atoms with Gasteiger partial charge >= 0.3 is 0 Å². The molecule has 138 valence electrons. The first-order valence-electron chi connectivity index (χ1n) is 9.85. The lowest BCUT2D eigenvalue weighted by molar-refractivity contribution is -0.698. The van der Waals surface area contributed by atoms with E-state index in [1.807, 2.05) is 12.1 Å². The maximum atomic E-state index is 6.42. The Hall–Kier alpha value is -2.09. The minimum Gasteiger partial charge on any atom is -0.336 e. The lowest BCUT2D eigenvalue weighted by Gasteiger charge is -2.29. The molecule has 27 heavy (non-hydrogen) atoms. The molecule has 0 saturated carbocycles. The molecule has 1 aliphatic rings. The number of aryl methyl sites for hydroxylation is 1. The van der Waals surface area contributed by atoms with Crippen molar-refractivity contribution in [1.82, 2.24) is 0 Å². The summed E-state index contributed by atoms with van der Waals surface area (Å²) in [5, 5.41) is 3.24. The van der Waals surface area contributed by atoms with Gasteiger partial charge < -0.3 is 5.32 Å². The molecule has 2 N–H and O–H groups in total. The van der Waals surface area contributed by atoms with Gasteiger partial charge in [-0.2, -0.15) is 0 Å². The van der Waals surface area contributed by atoms with E-state index in [0.717, 1.165) is 24.3 Å². The Bertz CT molecular complexity index is 948. The minimum atomic E-state index is -0.0493. The van der Waals surface area contributed by atoms with Crippen LogP contribution in [0.1, 0.15) is 47.1 Å². The average molecular weight is 377 g/mol. The molecule has 0 amide bonds. The first-order chi connectivity index (χ1) is 13.1. The van der Waals surface area contributed by atoms with Crippen LogP contribution in [0, 0.1) is 0 Å². The van der Waals surface area contributed by atoms with Gasteiger partial charge in [0.15, 0.2) is 0 Å². The molecule has 4 rings (SSSR count). The first kappa shape index (κ1) is 18.3. The highest BCUT2D eigenvalue weighted by Crippen LogP contribution is 2.41. The van der Waals surface area contributed by atoms with Crippen LogP contribution in [-0.4, -0.2) is 7.05 Å². The van der Waals surface area contributed by atoms with Crippen molar-refractivity contribution in [3.8, 4) is 0 Å². The Balaban J connectivity index is 1.77. The van der Waals surface area contributed by atoms with E-state index in [0.29, 0.717) is 5.92 Å². The van der Waals surface area contributed by atoms with Crippen LogP contribution in [-0.2, 0) is 18.4 Å². The summed E-state index contributed by atoms with van der Waals surface area (Å²) < 4.78 is 0. The maximum absolute atomic E-state index is 6.42. The van der Waals surface area contributed by atoms with E-state index < -0.39 is 0 Å². The molecule has 0 aliphatic heterocycles. The molecule has 1 nitrogen and oxygen atoms in total. The van der Waals surface area contributed by atoms with Crippen molar-refractivity contribution in [3.63, 3.8) is 0 Å². The van der Waals surface area contributed by atoms with Gasteiger partial charge in [-0.3, -0.25) is 0 Å². The highest BCUT2D eigenvalue weighted by atomic mass is 35.5. The number of fused-ring (bicyclic) bond motifs is 2. The number of nitrogens with two attached hydrogens (primary N) is 1. The second-order valence-corrected chi connectivity index (χ2v) is 8.17. The summed E-state index contributed by atoms with van der Waals surface area (Å²) in [4.78, 5) is 0. The largest absolute Gasteiger partial charge is 0.336 e. The van der Waals surface area contributed by atoms with Gasteiger partial charge in [0.2, 0.25) is 0 Å². The molecule has 1 aliphatic carbocycles. The third kappa shape index (κ3) is 3.31. The Morgan fingerprint density at radius 3 is 2.37 bits per heavy atom. The highest BCUT2D eigenvalue weighted by molar-refractivity contribution is 6.31. The molecule has 2 unspecified atom stereocenters. The van der Waals surface area contributed by atoms with E-state index in [2.05, 4.69) is 80.0 Å². The first-order valence-corrected chi connectivity index (χ1v) is 10.2. The average Bonchev–Trinajstić information content (AvgIpc) is 2.81. The van der Waals surface area contributed by atoms with Gasteiger partial charge in [0, 0.05) is 16.1 Å². The van der Waals surface area contributed by atoms with Crippen LogP contribution in [0.25, 0.3) is 0 Å². The van der Waals surface area contributed by atoms with Crippen LogP contribution in [0.2, 0.25) is 5.02 Å². The zero-order chi connectivity index (χ0) is 18.9. The van der Waals surface area contributed by atoms with Crippen LogP contribution in [0.5, 0.6) is 0 Å². The second kappa shape index (κ2) is 7.50. The highest BCUT2D eigenvalue weighted by Gasteiger charge is 2.39. The summed E-state index contributed by atoms with van der Waals surface area (Å²) in [7, 11) is 2.19. The number of benzene rings is 3. The van der Waals surface area contributed by atoms with E-state index in [9.17, 15) is 0 Å². The van der Waals surface area contributed by atoms with Crippen LogP contribution < -0.4 is 5.32 Å². The van der Waals surface area contributed by atoms with Gasteiger partial charge in [-0.05, 0) is 54.9 Å². The Labute approximate surface area is 167 Å². The molecule has 0 fully saturated rings. The third-order valence-electron chi connectivity index (χ3n) is 6.30. The SMILES string of the molecule is C[NH2+]C1(C)c2ccccc2CC(CCc2ccccc2Cl)c2ccccc21. The molecule has 2 atom stereocenters. The summed E-state index contributed by atoms with van der Waals surface area (Å²) in [6.07, 6.45) is 3.20. The number of rotatable bonds is 4. The van der Waals surface area contributed by atoms with E-state index >= 15 is 0 Å². The zero-order valence-corrected chi connectivity index (χ0v) is 16.8. The van der Waals surface area contributed by atoms with E-state index in [1.54, 1.807) is 0 Å². The Kier molecular flexibility index (Phi) is 5.08. The van der Waals surface area contributed by atoms with Crippen molar-refractivity contribution in [2.75, 3.05) is 7.05 Å². The summed E-state index contributed by atoms with van der Waals surface area (Å²) in [5.74, 6) is 0.500. The molecule has 0 bridgehead atoms. The number of hydrogen-bond acceptors (Lipinski definition) is 0.